The summed E-state index contributed by atoms with van der Waals surface area (Å²) < 4.78 is 21.0. The second-order valence-corrected chi connectivity index (χ2v) is 7.36. The first-order valence-corrected chi connectivity index (χ1v) is 10.3. The number of nitrogens with zero attached hydrogens (tertiary/aromatic N) is 3. The van der Waals surface area contributed by atoms with Gasteiger partial charge in [-0.15, -0.1) is 5.10 Å². The minimum Gasteiger partial charge on any atom is -0.460 e. The molecule has 7 heteroatoms. The van der Waals surface area contributed by atoms with Gasteiger partial charge in [0.1, 0.15) is 5.82 Å². The van der Waals surface area contributed by atoms with Crippen molar-refractivity contribution in [3.05, 3.63) is 54.3 Å². The summed E-state index contributed by atoms with van der Waals surface area (Å²) in [6.45, 7) is 5.89. The Hall–Kier alpha value is -3.22. The summed E-state index contributed by atoms with van der Waals surface area (Å²) in [4.78, 5) is 16.5. The SMILES string of the molecule is CCCCCC(=O)Nc1ccc(-n2nc(OC(C)C)nc2-c2cccc(F)c2)cc1. The molecule has 0 aliphatic carbocycles. The fraction of sp³-hybridized carbons (Fsp3) is 0.348. The summed E-state index contributed by atoms with van der Waals surface area (Å²) in [5.74, 6) is 0.126. The molecule has 0 saturated carbocycles. The molecule has 3 aromatic rings. The van der Waals surface area contributed by atoms with E-state index < -0.39 is 0 Å². The first-order chi connectivity index (χ1) is 14.5. The van der Waals surface area contributed by atoms with Gasteiger partial charge in [-0.3, -0.25) is 4.79 Å². The van der Waals surface area contributed by atoms with Crippen LogP contribution in [0.25, 0.3) is 17.1 Å². The number of halogens is 1. The van der Waals surface area contributed by atoms with Crippen LogP contribution in [-0.2, 0) is 4.79 Å². The van der Waals surface area contributed by atoms with Crippen LogP contribution in [0.3, 0.4) is 0 Å². The number of aromatic nitrogens is 3. The zero-order valence-corrected chi connectivity index (χ0v) is 17.6. The van der Waals surface area contributed by atoms with Gasteiger partial charge in [0.05, 0.1) is 11.8 Å². The summed E-state index contributed by atoms with van der Waals surface area (Å²) >= 11 is 0. The number of hydrogen-bond donors (Lipinski definition) is 1. The molecule has 158 valence electrons. The van der Waals surface area contributed by atoms with Crippen molar-refractivity contribution in [2.45, 2.75) is 52.6 Å². The van der Waals surface area contributed by atoms with Gasteiger partial charge in [-0.05, 0) is 56.7 Å². The van der Waals surface area contributed by atoms with Crippen LogP contribution in [0.4, 0.5) is 10.1 Å². The van der Waals surface area contributed by atoms with Crippen LogP contribution < -0.4 is 10.1 Å². The average Bonchev–Trinajstić information content (AvgIpc) is 3.12. The zero-order valence-electron chi connectivity index (χ0n) is 17.6. The van der Waals surface area contributed by atoms with Gasteiger partial charge in [-0.1, -0.05) is 31.9 Å². The monoisotopic (exact) mass is 410 g/mol. The summed E-state index contributed by atoms with van der Waals surface area (Å²) in [6, 6.07) is 13.7. The lowest BCUT2D eigenvalue weighted by molar-refractivity contribution is -0.116. The number of unbranched alkanes of at least 4 members (excludes halogenated alkanes) is 2. The van der Waals surface area contributed by atoms with Gasteiger partial charge < -0.3 is 10.1 Å². The van der Waals surface area contributed by atoms with Crippen molar-refractivity contribution in [1.29, 1.82) is 0 Å². The maximum atomic E-state index is 13.8. The van der Waals surface area contributed by atoms with Crippen LogP contribution in [0.15, 0.2) is 48.5 Å². The Kier molecular flexibility index (Phi) is 7.17. The van der Waals surface area contributed by atoms with Crippen molar-refractivity contribution >= 4 is 11.6 Å². The summed E-state index contributed by atoms with van der Waals surface area (Å²) in [5.41, 5.74) is 2.03. The van der Waals surface area contributed by atoms with Crippen LogP contribution in [0.2, 0.25) is 0 Å². The van der Waals surface area contributed by atoms with Crippen molar-refractivity contribution < 1.29 is 13.9 Å². The summed E-state index contributed by atoms with van der Waals surface area (Å²) in [5, 5.41) is 7.35. The molecule has 1 aromatic heterocycles. The van der Waals surface area contributed by atoms with Gasteiger partial charge in [-0.2, -0.15) is 4.98 Å². The Morgan fingerprint density at radius 3 is 2.60 bits per heavy atom. The van der Waals surface area contributed by atoms with Gasteiger partial charge in [-0.25, -0.2) is 9.07 Å². The molecule has 0 aliphatic heterocycles. The Labute approximate surface area is 176 Å². The fourth-order valence-electron chi connectivity index (χ4n) is 2.99. The first-order valence-electron chi connectivity index (χ1n) is 10.3. The second kappa shape index (κ2) is 10.0. The molecule has 0 atom stereocenters. The molecule has 0 aliphatic rings. The van der Waals surface area contributed by atoms with E-state index in [1.807, 2.05) is 38.1 Å². The molecule has 1 amide bonds. The molecule has 3 rings (SSSR count). The molecule has 1 heterocycles. The average molecular weight is 410 g/mol. The highest BCUT2D eigenvalue weighted by Gasteiger charge is 2.16. The van der Waals surface area contributed by atoms with Crippen molar-refractivity contribution in [2.24, 2.45) is 0 Å². The van der Waals surface area contributed by atoms with Crippen molar-refractivity contribution in [2.75, 3.05) is 5.32 Å². The molecule has 1 N–H and O–H groups in total. The molecule has 0 unspecified atom stereocenters. The Bertz CT molecular complexity index is 983. The number of carbonyl (C=O) groups is 1. The van der Waals surface area contributed by atoms with Gasteiger partial charge in [0.25, 0.3) is 0 Å². The standard InChI is InChI=1S/C23H27FN4O2/c1-4-5-6-10-21(29)25-19-11-13-20(14-12-19)28-22(17-8-7-9-18(24)15-17)26-23(27-28)30-16(2)3/h7-9,11-16H,4-6,10H2,1-3H3,(H,25,29). The third kappa shape index (κ3) is 5.65. The van der Waals surface area contributed by atoms with E-state index in [0.29, 0.717) is 23.5 Å². The van der Waals surface area contributed by atoms with Gasteiger partial charge in [0, 0.05) is 17.7 Å². The molecule has 0 bridgehead atoms. The highest BCUT2D eigenvalue weighted by atomic mass is 19.1. The van der Waals surface area contributed by atoms with E-state index >= 15 is 0 Å². The lowest BCUT2D eigenvalue weighted by Crippen LogP contribution is -2.11. The molecule has 30 heavy (non-hydrogen) atoms. The highest BCUT2D eigenvalue weighted by molar-refractivity contribution is 5.90. The van der Waals surface area contributed by atoms with Crippen molar-refractivity contribution in [3.63, 3.8) is 0 Å². The Balaban J connectivity index is 1.85. The highest BCUT2D eigenvalue weighted by Crippen LogP contribution is 2.25. The number of nitrogens with one attached hydrogen (secondary N) is 1. The van der Waals surface area contributed by atoms with E-state index in [2.05, 4.69) is 22.3 Å². The summed E-state index contributed by atoms with van der Waals surface area (Å²) in [6.07, 6.45) is 3.43. The number of amides is 1. The van der Waals surface area contributed by atoms with E-state index in [0.717, 1.165) is 24.9 Å². The van der Waals surface area contributed by atoms with Crippen molar-refractivity contribution in [1.82, 2.24) is 14.8 Å². The van der Waals surface area contributed by atoms with Crippen LogP contribution >= 0.6 is 0 Å². The summed E-state index contributed by atoms with van der Waals surface area (Å²) in [7, 11) is 0. The van der Waals surface area contributed by atoms with E-state index in [1.165, 1.54) is 12.1 Å². The van der Waals surface area contributed by atoms with E-state index in [4.69, 9.17) is 4.74 Å². The predicted octanol–water partition coefficient (Wildman–Crippen LogP) is 5.38. The Morgan fingerprint density at radius 1 is 1.17 bits per heavy atom. The second-order valence-electron chi connectivity index (χ2n) is 7.36. The minimum absolute atomic E-state index is 0.00465. The van der Waals surface area contributed by atoms with Gasteiger partial charge >= 0.3 is 6.01 Å². The first kappa shape index (κ1) is 21.5. The van der Waals surface area contributed by atoms with Gasteiger partial charge in [0.2, 0.25) is 5.91 Å². The maximum Gasteiger partial charge on any atom is 0.336 e. The Morgan fingerprint density at radius 2 is 1.93 bits per heavy atom. The molecular formula is C23H27FN4O2. The topological polar surface area (TPSA) is 69.0 Å². The number of rotatable bonds is 9. The van der Waals surface area contributed by atoms with E-state index in [1.54, 1.807) is 16.8 Å². The lowest BCUT2D eigenvalue weighted by atomic mass is 10.2. The number of anilines is 1. The molecule has 0 spiro atoms. The zero-order chi connectivity index (χ0) is 21.5. The van der Waals surface area contributed by atoms with Crippen LogP contribution in [0, 0.1) is 5.82 Å². The smallest absolute Gasteiger partial charge is 0.336 e. The van der Waals surface area contributed by atoms with Gasteiger partial charge in [0.15, 0.2) is 5.82 Å². The lowest BCUT2D eigenvalue weighted by Gasteiger charge is -2.08. The molecule has 0 saturated heterocycles. The maximum absolute atomic E-state index is 13.8. The third-order valence-corrected chi connectivity index (χ3v) is 4.41. The largest absolute Gasteiger partial charge is 0.460 e. The van der Waals surface area contributed by atoms with E-state index in [-0.39, 0.29) is 23.8 Å². The molecule has 0 fully saturated rings. The fourth-order valence-corrected chi connectivity index (χ4v) is 2.99. The predicted molar refractivity (Wildman–Crippen MR) is 115 cm³/mol. The molecule has 0 radical (unpaired) electrons. The van der Waals surface area contributed by atoms with Crippen molar-refractivity contribution in [3.8, 4) is 23.1 Å². The number of benzene rings is 2. The molecular weight excluding hydrogens is 383 g/mol. The molecule has 6 nitrogen and oxygen atoms in total. The number of carbonyl (C=O) groups excluding carboxylic acids is 1. The van der Waals surface area contributed by atoms with Crippen LogP contribution in [-0.4, -0.2) is 26.8 Å². The van der Waals surface area contributed by atoms with Crippen LogP contribution in [0.1, 0.15) is 46.5 Å². The third-order valence-electron chi connectivity index (χ3n) is 4.41. The minimum atomic E-state index is -0.352. The number of hydrogen-bond acceptors (Lipinski definition) is 4. The normalized spacial score (nSPS) is 11.0. The number of ether oxygens (including phenoxy) is 1. The quantitative estimate of drug-likeness (QED) is 0.481. The molecule has 2 aromatic carbocycles. The van der Waals surface area contributed by atoms with Crippen LogP contribution in [0.5, 0.6) is 6.01 Å². The van der Waals surface area contributed by atoms with E-state index in [9.17, 15) is 9.18 Å².